The molecular weight excluding hydrogens is 283 g/mol. The molecule has 0 aliphatic carbocycles. The number of alkyl halides is 3. The smallest absolute Gasteiger partial charge is 0.338 e. The van der Waals surface area contributed by atoms with Crippen LogP contribution in [0.2, 0.25) is 0 Å². The Morgan fingerprint density at radius 1 is 1.05 bits per heavy atom. The van der Waals surface area contributed by atoms with Crippen LogP contribution in [0.4, 0.5) is 13.2 Å². The summed E-state index contributed by atoms with van der Waals surface area (Å²) in [4.78, 5) is 24.6. The van der Waals surface area contributed by atoms with Gasteiger partial charge < -0.3 is 4.90 Å². The summed E-state index contributed by atoms with van der Waals surface area (Å²) < 4.78 is 37.2. The van der Waals surface area contributed by atoms with Gasteiger partial charge in [-0.05, 0) is 24.3 Å². The Morgan fingerprint density at radius 3 is 1.95 bits per heavy atom. The number of amides is 1. The Bertz CT molecular complexity index is 499. The first kappa shape index (κ1) is 16.9. The first-order chi connectivity index (χ1) is 9.88. The van der Waals surface area contributed by atoms with Crippen molar-refractivity contribution in [2.45, 2.75) is 19.0 Å². The molecule has 0 unspecified atom stereocenters. The highest BCUT2D eigenvalue weighted by Gasteiger charge is 2.30. The molecule has 0 bridgehead atoms. The van der Waals surface area contributed by atoms with Gasteiger partial charge in [0.25, 0.3) is 5.91 Å². The monoisotopic (exact) mass is 299 g/mol. The van der Waals surface area contributed by atoms with Gasteiger partial charge in [0, 0.05) is 31.5 Å². The lowest BCUT2D eigenvalue weighted by atomic mass is 10.1. The van der Waals surface area contributed by atoms with Gasteiger partial charge in [-0.2, -0.15) is 13.2 Å². The van der Waals surface area contributed by atoms with Crippen molar-refractivity contribution in [2.75, 3.05) is 13.1 Å². The van der Waals surface area contributed by atoms with E-state index in [1.807, 2.05) is 0 Å². The standard InChI is InChI=1S/C13H12F3NO2.C2H4/c14-13(15,16)10-3-1-9(2-4-10)12(19)17-7-5-11(18)6-8-17;1-2/h1-4H,5-8H2;1-2H2. The Labute approximate surface area is 121 Å². The van der Waals surface area contributed by atoms with Gasteiger partial charge in [-0.25, -0.2) is 0 Å². The third-order valence-corrected chi connectivity index (χ3v) is 3.07. The molecule has 0 aromatic heterocycles. The molecule has 1 aliphatic heterocycles. The number of ketones is 1. The van der Waals surface area contributed by atoms with Gasteiger partial charge >= 0.3 is 6.18 Å². The number of hydrogen-bond acceptors (Lipinski definition) is 2. The van der Waals surface area contributed by atoms with Crippen LogP contribution in [-0.2, 0) is 11.0 Å². The van der Waals surface area contributed by atoms with E-state index >= 15 is 0 Å². The van der Waals surface area contributed by atoms with E-state index in [1.165, 1.54) is 17.0 Å². The summed E-state index contributed by atoms with van der Waals surface area (Å²) in [5.41, 5.74) is -0.569. The molecule has 1 aromatic carbocycles. The minimum absolute atomic E-state index is 0.108. The molecule has 114 valence electrons. The normalized spacial score (nSPS) is 15.2. The summed E-state index contributed by atoms with van der Waals surface area (Å²) in [7, 11) is 0. The van der Waals surface area contributed by atoms with Gasteiger partial charge in [0.15, 0.2) is 0 Å². The minimum Gasteiger partial charge on any atom is -0.338 e. The van der Waals surface area contributed by atoms with Crippen molar-refractivity contribution >= 4 is 11.7 Å². The zero-order chi connectivity index (χ0) is 16.0. The van der Waals surface area contributed by atoms with Crippen molar-refractivity contribution in [1.82, 2.24) is 4.90 Å². The van der Waals surface area contributed by atoms with E-state index in [0.717, 1.165) is 12.1 Å². The summed E-state index contributed by atoms with van der Waals surface area (Å²) in [6.07, 6.45) is -3.78. The zero-order valence-corrected chi connectivity index (χ0v) is 11.4. The largest absolute Gasteiger partial charge is 0.416 e. The van der Waals surface area contributed by atoms with Crippen LogP contribution in [-0.4, -0.2) is 29.7 Å². The molecule has 0 atom stereocenters. The molecule has 3 nitrogen and oxygen atoms in total. The average molecular weight is 299 g/mol. The van der Waals surface area contributed by atoms with Crippen molar-refractivity contribution in [2.24, 2.45) is 0 Å². The summed E-state index contributed by atoms with van der Waals surface area (Å²) in [5, 5.41) is 0. The highest BCUT2D eigenvalue weighted by molar-refractivity contribution is 5.95. The van der Waals surface area contributed by atoms with Crippen LogP contribution in [0.1, 0.15) is 28.8 Å². The molecule has 2 rings (SSSR count). The fourth-order valence-electron chi connectivity index (χ4n) is 1.94. The van der Waals surface area contributed by atoms with E-state index in [1.54, 1.807) is 0 Å². The summed E-state index contributed by atoms with van der Waals surface area (Å²) >= 11 is 0. The summed E-state index contributed by atoms with van der Waals surface area (Å²) in [6, 6.07) is 4.12. The highest BCUT2D eigenvalue weighted by atomic mass is 19.4. The van der Waals surface area contributed by atoms with Crippen molar-refractivity contribution in [3.05, 3.63) is 48.6 Å². The molecule has 0 spiro atoms. The Balaban J connectivity index is 0.00000106. The van der Waals surface area contributed by atoms with E-state index in [2.05, 4.69) is 13.2 Å². The molecule has 1 fully saturated rings. The molecule has 0 saturated carbocycles. The highest BCUT2D eigenvalue weighted by Crippen LogP contribution is 2.29. The number of halogens is 3. The van der Waals surface area contributed by atoms with Gasteiger partial charge in [0.2, 0.25) is 0 Å². The number of carbonyl (C=O) groups excluding carboxylic acids is 2. The first-order valence-electron chi connectivity index (χ1n) is 6.36. The maximum absolute atomic E-state index is 12.4. The third kappa shape index (κ3) is 4.44. The third-order valence-electron chi connectivity index (χ3n) is 3.07. The van der Waals surface area contributed by atoms with E-state index in [-0.39, 0.29) is 17.3 Å². The molecular formula is C15H16F3NO2. The second-order valence-electron chi connectivity index (χ2n) is 4.41. The topological polar surface area (TPSA) is 37.4 Å². The van der Waals surface area contributed by atoms with Crippen LogP contribution in [0.25, 0.3) is 0 Å². The number of benzene rings is 1. The first-order valence-corrected chi connectivity index (χ1v) is 6.36. The Morgan fingerprint density at radius 2 is 1.52 bits per heavy atom. The molecule has 1 saturated heterocycles. The second-order valence-corrected chi connectivity index (χ2v) is 4.41. The van der Waals surface area contributed by atoms with Gasteiger partial charge in [-0.15, -0.1) is 13.2 Å². The lowest BCUT2D eigenvalue weighted by Crippen LogP contribution is -2.38. The maximum atomic E-state index is 12.4. The molecule has 1 amide bonds. The molecule has 0 N–H and O–H groups in total. The van der Waals surface area contributed by atoms with Crippen molar-refractivity contribution in [1.29, 1.82) is 0 Å². The number of likely N-dealkylation sites (tertiary alicyclic amines) is 1. The molecule has 1 aliphatic rings. The van der Waals surface area contributed by atoms with Crippen LogP contribution >= 0.6 is 0 Å². The fourth-order valence-corrected chi connectivity index (χ4v) is 1.94. The van der Waals surface area contributed by atoms with Crippen molar-refractivity contribution in [3.8, 4) is 0 Å². The average Bonchev–Trinajstić information content (AvgIpc) is 2.49. The van der Waals surface area contributed by atoms with Gasteiger partial charge in [-0.3, -0.25) is 9.59 Å². The lowest BCUT2D eigenvalue weighted by molar-refractivity contribution is -0.137. The maximum Gasteiger partial charge on any atom is 0.416 e. The van der Waals surface area contributed by atoms with Crippen LogP contribution in [0.3, 0.4) is 0 Å². The van der Waals surface area contributed by atoms with E-state index in [0.29, 0.717) is 25.9 Å². The van der Waals surface area contributed by atoms with Crippen molar-refractivity contribution in [3.63, 3.8) is 0 Å². The van der Waals surface area contributed by atoms with Crippen LogP contribution in [0.15, 0.2) is 37.4 Å². The molecule has 1 heterocycles. The van der Waals surface area contributed by atoms with Crippen LogP contribution < -0.4 is 0 Å². The second kappa shape index (κ2) is 7.06. The zero-order valence-electron chi connectivity index (χ0n) is 11.4. The van der Waals surface area contributed by atoms with E-state index in [4.69, 9.17) is 0 Å². The number of Topliss-reactive ketones (excluding diaryl/α,β-unsaturated/α-hetero) is 1. The Hall–Kier alpha value is -2.11. The number of piperidine rings is 1. The van der Waals surface area contributed by atoms with Crippen molar-refractivity contribution < 1.29 is 22.8 Å². The quantitative estimate of drug-likeness (QED) is 0.746. The number of rotatable bonds is 1. The molecule has 21 heavy (non-hydrogen) atoms. The summed E-state index contributed by atoms with van der Waals surface area (Å²) in [5.74, 6) is -0.224. The van der Waals surface area contributed by atoms with Crippen LogP contribution in [0, 0.1) is 0 Å². The molecule has 0 radical (unpaired) electrons. The molecule has 1 aromatic rings. The van der Waals surface area contributed by atoms with Gasteiger partial charge in [-0.1, -0.05) is 0 Å². The SMILES string of the molecule is C=C.O=C1CCN(C(=O)c2ccc(C(F)(F)F)cc2)CC1. The Kier molecular flexibility index (Phi) is 5.69. The number of carbonyl (C=O) groups is 2. The van der Waals surface area contributed by atoms with Gasteiger partial charge in [0.1, 0.15) is 5.78 Å². The minimum atomic E-state index is -4.40. The summed E-state index contributed by atoms with van der Waals surface area (Å²) in [6.45, 7) is 6.66. The van der Waals surface area contributed by atoms with Crippen LogP contribution in [0.5, 0.6) is 0 Å². The molecule has 6 heteroatoms. The fraction of sp³-hybridized carbons (Fsp3) is 0.333. The van der Waals surface area contributed by atoms with Gasteiger partial charge in [0.05, 0.1) is 5.56 Å². The van der Waals surface area contributed by atoms with E-state index in [9.17, 15) is 22.8 Å². The van der Waals surface area contributed by atoms with E-state index < -0.39 is 11.7 Å². The number of nitrogens with zero attached hydrogens (tertiary/aromatic N) is 1. The number of hydrogen-bond donors (Lipinski definition) is 0. The predicted molar refractivity (Wildman–Crippen MR) is 72.8 cm³/mol. The predicted octanol–water partition coefficient (Wildman–Crippen LogP) is 3.31. The lowest BCUT2D eigenvalue weighted by Gasteiger charge is -2.26.